The van der Waals surface area contributed by atoms with Gasteiger partial charge in [-0.2, -0.15) is 0 Å². The molecule has 0 aliphatic carbocycles. The van der Waals surface area contributed by atoms with Crippen molar-refractivity contribution in [3.8, 4) is 17.2 Å². The topological polar surface area (TPSA) is 101 Å². The summed E-state index contributed by atoms with van der Waals surface area (Å²) in [5.74, 6) is -0.433. The summed E-state index contributed by atoms with van der Waals surface area (Å²) in [6.07, 6.45) is -0.767. The van der Waals surface area contributed by atoms with E-state index in [4.69, 9.17) is 23.7 Å². The van der Waals surface area contributed by atoms with Crippen LogP contribution in [0.25, 0.3) is 0 Å². The van der Waals surface area contributed by atoms with Crippen LogP contribution in [0.2, 0.25) is 0 Å². The minimum absolute atomic E-state index is 0.00164. The fraction of sp³-hybridized carbons (Fsp3) is 0.526. The largest absolute Gasteiger partial charge is 0.493 e. The Labute approximate surface area is 162 Å². The number of esters is 1. The van der Waals surface area contributed by atoms with Gasteiger partial charge in [0.15, 0.2) is 16.9 Å². The van der Waals surface area contributed by atoms with Crippen LogP contribution < -0.4 is 14.2 Å². The zero-order valence-electron chi connectivity index (χ0n) is 16.5. The normalized spacial score (nSPS) is 20.9. The van der Waals surface area contributed by atoms with Gasteiger partial charge in [0.1, 0.15) is 5.60 Å². The molecule has 152 valence electrons. The number of benzene rings is 1. The van der Waals surface area contributed by atoms with E-state index in [1.807, 2.05) is 0 Å². The molecule has 1 aromatic rings. The molecule has 2 aliphatic heterocycles. The van der Waals surface area contributed by atoms with Gasteiger partial charge in [-0.3, -0.25) is 9.59 Å². The fourth-order valence-corrected chi connectivity index (χ4v) is 3.33. The van der Waals surface area contributed by atoms with Crippen LogP contribution >= 0.6 is 0 Å². The molecule has 1 fully saturated rings. The first-order chi connectivity index (χ1) is 13.1. The zero-order chi connectivity index (χ0) is 20.7. The average molecular weight is 393 g/mol. The van der Waals surface area contributed by atoms with Crippen molar-refractivity contribution in [2.75, 3.05) is 27.6 Å². The third-order valence-electron chi connectivity index (χ3n) is 4.62. The number of likely N-dealkylation sites (tertiary alicyclic amines) is 1. The lowest BCUT2D eigenvalue weighted by atomic mass is 9.78. The summed E-state index contributed by atoms with van der Waals surface area (Å²) in [5, 5.41) is 0. The summed E-state index contributed by atoms with van der Waals surface area (Å²) in [6, 6.07) is 3.07. The lowest BCUT2D eigenvalue weighted by molar-refractivity contribution is -0.152. The molecular weight excluding hydrogens is 370 g/mol. The number of hydrogen-bond acceptors (Lipinski definition) is 8. The monoisotopic (exact) mass is 393 g/mol. The van der Waals surface area contributed by atoms with Gasteiger partial charge >= 0.3 is 12.1 Å². The van der Waals surface area contributed by atoms with Crippen molar-refractivity contribution in [2.24, 2.45) is 0 Å². The van der Waals surface area contributed by atoms with Crippen LogP contribution in [0.3, 0.4) is 0 Å². The third-order valence-corrected chi connectivity index (χ3v) is 4.62. The SMILES string of the molecule is COC(=O)[C@]1(c2cc(OC)c3c(c2)OCO3)CCN(C(=O)OC(C)(C)C)C1=O. The molecule has 1 aromatic carbocycles. The molecule has 0 N–H and O–H groups in total. The minimum atomic E-state index is -1.71. The van der Waals surface area contributed by atoms with Crippen molar-refractivity contribution in [3.63, 3.8) is 0 Å². The lowest BCUT2D eigenvalue weighted by Crippen LogP contribution is -2.47. The zero-order valence-corrected chi connectivity index (χ0v) is 16.5. The Morgan fingerprint density at radius 1 is 1.18 bits per heavy atom. The number of carbonyl (C=O) groups is 3. The molecule has 1 atom stereocenters. The van der Waals surface area contributed by atoms with Crippen LogP contribution in [0.5, 0.6) is 17.2 Å². The molecule has 9 nitrogen and oxygen atoms in total. The van der Waals surface area contributed by atoms with Crippen LogP contribution in [-0.4, -0.2) is 56.0 Å². The second kappa shape index (κ2) is 6.88. The van der Waals surface area contributed by atoms with Crippen LogP contribution in [0, 0.1) is 0 Å². The van der Waals surface area contributed by atoms with Crippen molar-refractivity contribution < 1.29 is 38.1 Å². The number of rotatable bonds is 3. The highest BCUT2D eigenvalue weighted by atomic mass is 16.7. The van der Waals surface area contributed by atoms with Gasteiger partial charge in [-0.25, -0.2) is 9.69 Å². The summed E-state index contributed by atoms with van der Waals surface area (Å²) in [6.45, 7) is 5.10. The Morgan fingerprint density at radius 3 is 2.50 bits per heavy atom. The van der Waals surface area contributed by atoms with E-state index in [-0.39, 0.29) is 19.8 Å². The second-order valence-corrected chi connectivity index (χ2v) is 7.50. The molecule has 1 saturated heterocycles. The Kier molecular flexibility index (Phi) is 4.86. The van der Waals surface area contributed by atoms with Gasteiger partial charge in [0.25, 0.3) is 5.91 Å². The molecule has 0 spiro atoms. The van der Waals surface area contributed by atoms with E-state index in [1.54, 1.807) is 20.8 Å². The smallest absolute Gasteiger partial charge is 0.417 e. The highest BCUT2D eigenvalue weighted by Gasteiger charge is 2.57. The number of carbonyl (C=O) groups excluding carboxylic acids is 3. The summed E-state index contributed by atoms with van der Waals surface area (Å²) in [7, 11) is 2.63. The molecule has 2 amide bonds. The van der Waals surface area contributed by atoms with E-state index in [2.05, 4.69) is 0 Å². The molecule has 2 heterocycles. The molecule has 3 rings (SSSR count). The number of hydrogen-bond donors (Lipinski definition) is 0. The van der Waals surface area contributed by atoms with E-state index in [1.165, 1.54) is 26.4 Å². The van der Waals surface area contributed by atoms with Gasteiger partial charge in [-0.15, -0.1) is 0 Å². The van der Waals surface area contributed by atoms with Crippen molar-refractivity contribution >= 4 is 18.0 Å². The second-order valence-electron chi connectivity index (χ2n) is 7.50. The molecular formula is C19H23NO8. The minimum Gasteiger partial charge on any atom is -0.493 e. The molecule has 0 unspecified atom stereocenters. The van der Waals surface area contributed by atoms with E-state index in [0.29, 0.717) is 22.8 Å². The number of ether oxygens (including phenoxy) is 5. The van der Waals surface area contributed by atoms with E-state index >= 15 is 0 Å². The Morgan fingerprint density at radius 2 is 1.89 bits per heavy atom. The molecule has 0 aromatic heterocycles. The molecule has 2 aliphatic rings. The van der Waals surface area contributed by atoms with Crippen LogP contribution in [0.4, 0.5) is 4.79 Å². The summed E-state index contributed by atoms with van der Waals surface area (Å²) >= 11 is 0. The number of amides is 2. The molecule has 28 heavy (non-hydrogen) atoms. The van der Waals surface area contributed by atoms with E-state index in [9.17, 15) is 14.4 Å². The highest BCUT2D eigenvalue weighted by Crippen LogP contribution is 2.47. The number of fused-ring (bicyclic) bond motifs is 1. The molecule has 0 bridgehead atoms. The summed E-state index contributed by atoms with van der Waals surface area (Å²) < 4.78 is 26.3. The van der Waals surface area contributed by atoms with Gasteiger partial charge in [-0.1, -0.05) is 0 Å². The van der Waals surface area contributed by atoms with E-state index < -0.39 is 29.0 Å². The molecule has 0 radical (unpaired) electrons. The fourth-order valence-electron chi connectivity index (χ4n) is 3.33. The Balaban J connectivity index is 2.05. The average Bonchev–Trinajstić information content (AvgIpc) is 3.23. The third kappa shape index (κ3) is 3.10. The van der Waals surface area contributed by atoms with Crippen molar-refractivity contribution in [1.82, 2.24) is 4.90 Å². The first kappa shape index (κ1) is 19.8. The molecule has 9 heteroatoms. The summed E-state index contributed by atoms with van der Waals surface area (Å²) in [5.41, 5.74) is -2.19. The maximum atomic E-state index is 13.3. The summed E-state index contributed by atoms with van der Waals surface area (Å²) in [4.78, 5) is 39.4. The number of nitrogens with zero attached hydrogens (tertiary/aromatic N) is 1. The quantitative estimate of drug-likeness (QED) is 0.568. The maximum absolute atomic E-state index is 13.3. The van der Waals surface area contributed by atoms with Gasteiger partial charge < -0.3 is 23.7 Å². The lowest BCUT2D eigenvalue weighted by Gasteiger charge is -2.27. The van der Waals surface area contributed by atoms with Crippen molar-refractivity contribution in [3.05, 3.63) is 17.7 Å². The predicted octanol–water partition coefficient (Wildman–Crippen LogP) is 2.00. The van der Waals surface area contributed by atoms with Crippen LogP contribution in [0.1, 0.15) is 32.8 Å². The first-order valence-electron chi connectivity index (χ1n) is 8.75. The maximum Gasteiger partial charge on any atom is 0.417 e. The van der Waals surface area contributed by atoms with Gasteiger partial charge in [0.2, 0.25) is 12.5 Å². The van der Waals surface area contributed by atoms with Gasteiger partial charge in [-0.05, 0) is 44.9 Å². The molecule has 0 saturated carbocycles. The van der Waals surface area contributed by atoms with Gasteiger partial charge in [0, 0.05) is 6.54 Å². The standard InChI is InChI=1S/C19H23NO8/c1-18(2,3)28-17(23)20-7-6-19(15(20)21,16(22)25-5)11-8-12(24-4)14-13(9-11)26-10-27-14/h8-9H,6-7,10H2,1-5H3/t19-/m0/s1. The first-order valence-corrected chi connectivity index (χ1v) is 8.75. The van der Waals surface area contributed by atoms with E-state index in [0.717, 1.165) is 4.90 Å². The van der Waals surface area contributed by atoms with Gasteiger partial charge in [0.05, 0.1) is 14.2 Å². The highest BCUT2D eigenvalue weighted by molar-refractivity contribution is 6.14. The predicted molar refractivity (Wildman–Crippen MR) is 95.4 cm³/mol. The Hall–Kier alpha value is -2.97. The number of methoxy groups -OCH3 is 2. The van der Waals surface area contributed by atoms with Crippen LogP contribution in [0.15, 0.2) is 12.1 Å². The van der Waals surface area contributed by atoms with Crippen molar-refractivity contribution in [2.45, 2.75) is 38.2 Å². The Bertz CT molecular complexity index is 828. The number of imide groups is 1. The van der Waals surface area contributed by atoms with Crippen LogP contribution in [-0.2, 0) is 24.5 Å². The van der Waals surface area contributed by atoms with Crippen molar-refractivity contribution in [1.29, 1.82) is 0 Å².